The van der Waals surface area contributed by atoms with Crippen LogP contribution < -0.4 is 4.74 Å². The Bertz CT molecular complexity index is 909. The number of methoxy groups -OCH3 is 1. The van der Waals surface area contributed by atoms with Crippen LogP contribution in [0.1, 0.15) is 67.1 Å². The summed E-state index contributed by atoms with van der Waals surface area (Å²) in [5, 5.41) is 0. The van der Waals surface area contributed by atoms with Crippen LogP contribution in [0.2, 0.25) is 0 Å². The summed E-state index contributed by atoms with van der Waals surface area (Å²) in [6.45, 7) is 6.17. The number of carbonyl (C=O) groups excluding carboxylic acids is 1. The lowest BCUT2D eigenvalue weighted by atomic mass is 9.80. The van der Waals surface area contributed by atoms with Crippen molar-refractivity contribution in [3.05, 3.63) is 59.4 Å². The lowest BCUT2D eigenvalue weighted by Gasteiger charge is -2.48. The van der Waals surface area contributed by atoms with E-state index in [0.29, 0.717) is 25.3 Å². The van der Waals surface area contributed by atoms with Crippen LogP contribution in [0.15, 0.2) is 42.7 Å². The van der Waals surface area contributed by atoms with Gasteiger partial charge in [-0.1, -0.05) is 19.1 Å². The third-order valence-electron chi connectivity index (χ3n) is 6.80. The average Bonchev–Trinajstić information content (AvgIpc) is 2.84. The Labute approximate surface area is 190 Å². The van der Waals surface area contributed by atoms with E-state index in [9.17, 15) is 4.79 Å². The smallest absolute Gasteiger partial charge is 0.253 e. The summed E-state index contributed by atoms with van der Waals surface area (Å²) in [5.41, 5.74) is 2.62. The molecule has 2 fully saturated rings. The largest absolute Gasteiger partial charge is 0.496 e. The first-order chi connectivity index (χ1) is 15.6. The summed E-state index contributed by atoms with van der Waals surface area (Å²) in [7, 11) is 1.65. The summed E-state index contributed by atoms with van der Waals surface area (Å²) >= 11 is 0. The van der Waals surface area contributed by atoms with Gasteiger partial charge >= 0.3 is 0 Å². The minimum absolute atomic E-state index is 0.0258. The van der Waals surface area contributed by atoms with Crippen molar-refractivity contribution in [2.45, 2.75) is 63.8 Å². The Morgan fingerprint density at radius 1 is 1.25 bits per heavy atom. The molecule has 3 heterocycles. The molecular formula is C26H34N2O4. The van der Waals surface area contributed by atoms with Crippen molar-refractivity contribution in [3.63, 3.8) is 0 Å². The minimum Gasteiger partial charge on any atom is -0.496 e. The molecule has 0 bridgehead atoms. The number of hydrogen-bond donors (Lipinski definition) is 0. The van der Waals surface area contributed by atoms with Gasteiger partial charge in [-0.3, -0.25) is 9.78 Å². The van der Waals surface area contributed by atoms with Gasteiger partial charge in [-0.25, -0.2) is 0 Å². The van der Waals surface area contributed by atoms with Gasteiger partial charge in [0.15, 0.2) is 0 Å². The fraction of sp³-hybridized carbons (Fsp3) is 0.538. The lowest BCUT2D eigenvalue weighted by Crippen LogP contribution is -2.52. The third kappa shape index (κ3) is 4.81. The number of likely N-dealkylation sites (tertiary alicyclic amines) is 1. The van der Waals surface area contributed by atoms with Gasteiger partial charge in [0.05, 0.1) is 24.9 Å². The van der Waals surface area contributed by atoms with E-state index >= 15 is 0 Å². The molecule has 0 saturated carbocycles. The molecule has 1 aromatic heterocycles. The van der Waals surface area contributed by atoms with Crippen molar-refractivity contribution in [3.8, 4) is 5.75 Å². The molecule has 32 heavy (non-hydrogen) atoms. The van der Waals surface area contributed by atoms with E-state index in [0.717, 1.165) is 49.0 Å². The van der Waals surface area contributed by atoms with E-state index in [4.69, 9.17) is 14.2 Å². The van der Waals surface area contributed by atoms with Crippen LogP contribution in [0, 0.1) is 0 Å². The maximum absolute atomic E-state index is 13.2. The molecule has 6 nitrogen and oxygen atoms in total. The van der Waals surface area contributed by atoms with Gasteiger partial charge < -0.3 is 19.1 Å². The summed E-state index contributed by atoms with van der Waals surface area (Å²) < 4.78 is 18.2. The number of amides is 1. The Kier molecular flexibility index (Phi) is 7.11. The Balaban J connectivity index is 1.46. The summed E-state index contributed by atoms with van der Waals surface area (Å²) in [6, 6.07) is 9.80. The van der Waals surface area contributed by atoms with Crippen LogP contribution in [-0.2, 0) is 15.9 Å². The lowest BCUT2D eigenvalue weighted by molar-refractivity contribution is -0.190. The third-order valence-corrected chi connectivity index (χ3v) is 6.80. The molecule has 1 spiro atoms. The van der Waals surface area contributed by atoms with Crippen molar-refractivity contribution < 1.29 is 19.0 Å². The van der Waals surface area contributed by atoms with Gasteiger partial charge in [-0.15, -0.1) is 0 Å². The Hall–Kier alpha value is -2.44. The Morgan fingerprint density at radius 2 is 2.06 bits per heavy atom. The van der Waals surface area contributed by atoms with Crippen LogP contribution in [-0.4, -0.2) is 54.3 Å². The average molecular weight is 439 g/mol. The van der Waals surface area contributed by atoms with Gasteiger partial charge in [0.25, 0.3) is 5.91 Å². The molecule has 1 aromatic carbocycles. The van der Waals surface area contributed by atoms with Gasteiger partial charge in [-0.05, 0) is 55.5 Å². The molecule has 172 valence electrons. The maximum Gasteiger partial charge on any atom is 0.253 e. The van der Waals surface area contributed by atoms with E-state index < -0.39 is 0 Å². The van der Waals surface area contributed by atoms with Gasteiger partial charge in [-0.2, -0.15) is 0 Å². The second-order valence-corrected chi connectivity index (χ2v) is 8.77. The van der Waals surface area contributed by atoms with Crippen molar-refractivity contribution >= 4 is 5.91 Å². The van der Waals surface area contributed by atoms with Crippen LogP contribution in [0.5, 0.6) is 5.75 Å². The predicted molar refractivity (Wildman–Crippen MR) is 123 cm³/mol. The van der Waals surface area contributed by atoms with E-state index in [1.54, 1.807) is 13.3 Å². The normalized spacial score (nSPS) is 22.7. The number of aromatic nitrogens is 1. The van der Waals surface area contributed by atoms with Crippen LogP contribution in [0.4, 0.5) is 0 Å². The van der Waals surface area contributed by atoms with E-state index in [2.05, 4.69) is 18.0 Å². The fourth-order valence-corrected chi connectivity index (χ4v) is 5.06. The monoisotopic (exact) mass is 438 g/mol. The molecule has 6 heteroatoms. The standard InChI is InChI=1S/C26H34N2O4/c1-4-19-8-9-20(15-23(19)30-3)25(29)28-13-10-26(11-14-28)17-22(31-5-2)16-24(32-26)21-7-6-12-27-18-21/h6-9,12,15,18,22,24H,4-5,10-11,13-14,16-17H2,1-3H3/t22-,24-/m0/s1. The molecule has 0 N–H and O–H groups in total. The van der Waals surface area contributed by atoms with Crippen molar-refractivity contribution in [2.75, 3.05) is 26.8 Å². The van der Waals surface area contributed by atoms with Crippen LogP contribution in [0.3, 0.4) is 0 Å². The number of ether oxygens (including phenoxy) is 3. The highest BCUT2D eigenvalue weighted by molar-refractivity contribution is 5.94. The summed E-state index contributed by atoms with van der Waals surface area (Å²) in [4.78, 5) is 19.4. The molecule has 0 aliphatic carbocycles. The summed E-state index contributed by atoms with van der Waals surface area (Å²) in [5.74, 6) is 0.836. The highest BCUT2D eigenvalue weighted by Gasteiger charge is 2.45. The number of carbonyl (C=O) groups is 1. The topological polar surface area (TPSA) is 60.9 Å². The first kappa shape index (κ1) is 22.7. The molecule has 2 aromatic rings. The van der Waals surface area contributed by atoms with E-state index in [1.165, 1.54) is 0 Å². The zero-order valence-corrected chi connectivity index (χ0v) is 19.4. The molecule has 0 unspecified atom stereocenters. The second kappa shape index (κ2) is 10.0. The SMILES string of the molecule is CCO[C@H]1C[C@@H](c2cccnc2)OC2(CCN(C(=O)c3ccc(CC)c(OC)c3)CC2)C1. The highest BCUT2D eigenvalue weighted by atomic mass is 16.5. The molecule has 0 radical (unpaired) electrons. The zero-order valence-electron chi connectivity index (χ0n) is 19.4. The van der Waals surface area contributed by atoms with Gasteiger partial charge in [0.2, 0.25) is 0 Å². The highest BCUT2D eigenvalue weighted by Crippen LogP contribution is 2.44. The van der Waals surface area contributed by atoms with Crippen LogP contribution >= 0.6 is 0 Å². The number of rotatable bonds is 6. The molecular weight excluding hydrogens is 404 g/mol. The molecule has 1 amide bonds. The number of pyridine rings is 1. The van der Waals surface area contributed by atoms with E-state index in [-0.39, 0.29) is 23.7 Å². The Morgan fingerprint density at radius 3 is 2.72 bits per heavy atom. The number of nitrogens with zero attached hydrogens (tertiary/aromatic N) is 2. The van der Waals surface area contributed by atoms with Crippen molar-refractivity contribution in [1.82, 2.24) is 9.88 Å². The number of piperidine rings is 1. The first-order valence-electron chi connectivity index (χ1n) is 11.7. The molecule has 2 atom stereocenters. The number of hydrogen-bond acceptors (Lipinski definition) is 5. The number of benzene rings is 1. The van der Waals surface area contributed by atoms with E-state index in [1.807, 2.05) is 42.3 Å². The molecule has 4 rings (SSSR count). The zero-order chi connectivity index (χ0) is 22.6. The molecule has 2 saturated heterocycles. The fourth-order valence-electron chi connectivity index (χ4n) is 5.06. The number of aryl methyl sites for hydroxylation is 1. The van der Waals surface area contributed by atoms with Crippen LogP contribution in [0.25, 0.3) is 0 Å². The van der Waals surface area contributed by atoms with Gasteiger partial charge in [0, 0.05) is 50.5 Å². The molecule has 2 aliphatic heterocycles. The van der Waals surface area contributed by atoms with Crippen molar-refractivity contribution in [1.29, 1.82) is 0 Å². The summed E-state index contributed by atoms with van der Waals surface area (Å²) in [6.07, 6.45) is 8.01. The maximum atomic E-state index is 13.2. The van der Waals surface area contributed by atoms with Crippen molar-refractivity contribution in [2.24, 2.45) is 0 Å². The predicted octanol–water partition coefficient (Wildman–Crippen LogP) is 4.58. The minimum atomic E-state index is -0.265. The quantitative estimate of drug-likeness (QED) is 0.660. The second-order valence-electron chi connectivity index (χ2n) is 8.77. The molecule has 2 aliphatic rings. The van der Waals surface area contributed by atoms with Gasteiger partial charge in [0.1, 0.15) is 5.75 Å². The first-order valence-corrected chi connectivity index (χ1v) is 11.7.